The second-order valence-corrected chi connectivity index (χ2v) is 2.39. The summed E-state index contributed by atoms with van der Waals surface area (Å²) < 4.78 is 0. The maximum absolute atomic E-state index is 9.19. The Balaban J connectivity index is 2.44. The fourth-order valence-electron chi connectivity index (χ4n) is 1.36. The Morgan fingerprint density at radius 1 is 1.25 bits per heavy atom. The number of fused-ring (bicyclic) bond motifs is 2. The number of hydrogen-bond acceptors (Lipinski definition) is 1. The van der Waals surface area contributed by atoms with Gasteiger partial charge in [-0.1, -0.05) is 12.2 Å². The summed E-state index contributed by atoms with van der Waals surface area (Å²) in [5.74, 6) is 0. The molecule has 1 nitrogen and oxygen atoms in total. The zero-order valence-electron chi connectivity index (χ0n) is 4.59. The van der Waals surface area contributed by atoms with Crippen molar-refractivity contribution in [1.82, 2.24) is 0 Å². The molecule has 1 heteroatoms. The SMILES string of the molecule is OC1C2=CC=C1CC2. The molecule has 42 valence electrons. The lowest BCUT2D eigenvalue weighted by molar-refractivity contribution is 0.258. The third-order valence-corrected chi connectivity index (χ3v) is 1.92. The number of allylic oxidation sites excluding steroid dienone is 2. The molecule has 2 aliphatic rings. The van der Waals surface area contributed by atoms with Crippen LogP contribution in [0.3, 0.4) is 0 Å². The fourth-order valence-corrected chi connectivity index (χ4v) is 1.36. The van der Waals surface area contributed by atoms with E-state index in [0.717, 1.165) is 12.8 Å². The van der Waals surface area contributed by atoms with Crippen LogP contribution in [0.15, 0.2) is 23.3 Å². The maximum atomic E-state index is 9.19. The molecule has 1 saturated carbocycles. The van der Waals surface area contributed by atoms with Crippen molar-refractivity contribution >= 4 is 0 Å². The molecule has 2 bridgehead atoms. The molecule has 0 radical (unpaired) electrons. The van der Waals surface area contributed by atoms with Gasteiger partial charge in [-0.05, 0) is 24.0 Å². The first-order chi connectivity index (χ1) is 3.88. The monoisotopic (exact) mass is 108 g/mol. The van der Waals surface area contributed by atoms with Crippen LogP contribution in [0.2, 0.25) is 0 Å². The summed E-state index contributed by atoms with van der Waals surface area (Å²) in [6, 6.07) is 0. The molecule has 0 aromatic rings. The van der Waals surface area contributed by atoms with Gasteiger partial charge in [-0.3, -0.25) is 0 Å². The minimum Gasteiger partial charge on any atom is -0.384 e. The summed E-state index contributed by atoms with van der Waals surface area (Å²) in [4.78, 5) is 0. The molecule has 1 fully saturated rings. The Labute approximate surface area is 48.3 Å². The first kappa shape index (κ1) is 4.33. The van der Waals surface area contributed by atoms with Gasteiger partial charge >= 0.3 is 0 Å². The number of rotatable bonds is 0. The minimum absolute atomic E-state index is 0.185. The van der Waals surface area contributed by atoms with E-state index in [-0.39, 0.29) is 6.10 Å². The van der Waals surface area contributed by atoms with Gasteiger partial charge in [0.25, 0.3) is 0 Å². The summed E-state index contributed by atoms with van der Waals surface area (Å²) in [5, 5.41) is 9.19. The molecule has 0 saturated heterocycles. The van der Waals surface area contributed by atoms with Crippen molar-refractivity contribution in [1.29, 1.82) is 0 Å². The molecule has 0 unspecified atom stereocenters. The first-order valence-electron chi connectivity index (χ1n) is 2.95. The lowest BCUT2D eigenvalue weighted by atomic mass is 10.2. The third-order valence-electron chi connectivity index (χ3n) is 1.92. The maximum Gasteiger partial charge on any atom is 0.0967 e. The van der Waals surface area contributed by atoms with E-state index < -0.39 is 0 Å². The molecular formula is C7H8O. The highest BCUT2D eigenvalue weighted by atomic mass is 16.3. The fraction of sp³-hybridized carbons (Fsp3) is 0.429. The van der Waals surface area contributed by atoms with E-state index >= 15 is 0 Å². The average molecular weight is 108 g/mol. The van der Waals surface area contributed by atoms with Crippen LogP contribution in [0.5, 0.6) is 0 Å². The average Bonchev–Trinajstić information content (AvgIpc) is 2.29. The second-order valence-electron chi connectivity index (χ2n) is 2.39. The van der Waals surface area contributed by atoms with Crippen molar-refractivity contribution in [3.63, 3.8) is 0 Å². The van der Waals surface area contributed by atoms with E-state index in [1.54, 1.807) is 0 Å². The molecular weight excluding hydrogens is 100 g/mol. The largest absolute Gasteiger partial charge is 0.384 e. The van der Waals surface area contributed by atoms with Crippen molar-refractivity contribution in [3.05, 3.63) is 23.3 Å². The van der Waals surface area contributed by atoms with Crippen LogP contribution < -0.4 is 0 Å². The molecule has 0 aliphatic heterocycles. The Bertz CT molecular complexity index is 157. The molecule has 0 spiro atoms. The van der Waals surface area contributed by atoms with E-state index in [1.807, 2.05) is 12.2 Å². The summed E-state index contributed by atoms with van der Waals surface area (Å²) in [7, 11) is 0. The van der Waals surface area contributed by atoms with Crippen LogP contribution in [0.25, 0.3) is 0 Å². The molecule has 2 rings (SSSR count). The number of aliphatic hydroxyl groups excluding tert-OH is 1. The minimum atomic E-state index is -0.185. The summed E-state index contributed by atoms with van der Waals surface area (Å²) in [5.41, 5.74) is 2.42. The highest BCUT2D eigenvalue weighted by molar-refractivity contribution is 5.41. The van der Waals surface area contributed by atoms with Crippen LogP contribution in [0.4, 0.5) is 0 Å². The second kappa shape index (κ2) is 1.23. The van der Waals surface area contributed by atoms with Crippen LogP contribution in [-0.4, -0.2) is 11.2 Å². The molecule has 0 aromatic carbocycles. The topological polar surface area (TPSA) is 20.2 Å². The van der Waals surface area contributed by atoms with Gasteiger partial charge in [-0.15, -0.1) is 0 Å². The number of aliphatic hydroxyl groups is 1. The zero-order valence-corrected chi connectivity index (χ0v) is 4.59. The van der Waals surface area contributed by atoms with Gasteiger partial charge in [0, 0.05) is 0 Å². The smallest absolute Gasteiger partial charge is 0.0967 e. The van der Waals surface area contributed by atoms with Gasteiger partial charge in [0.1, 0.15) is 0 Å². The summed E-state index contributed by atoms with van der Waals surface area (Å²) >= 11 is 0. The van der Waals surface area contributed by atoms with Crippen LogP contribution in [0, 0.1) is 0 Å². The van der Waals surface area contributed by atoms with Gasteiger partial charge < -0.3 is 5.11 Å². The van der Waals surface area contributed by atoms with Gasteiger partial charge in [-0.25, -0.2) is 0 Å². The predicted octanol–water partition coefficient (Wildman–Crippen LogP) is 1.01. The standard InChI is InChI=1S/C7H8O/c8-7-5-1-2-6(7)4-3-5/h1-2,7-8H,3-4H2. The first-order valence-corrected chi connectivity index (χ1v) is 2.95. The zero-order chi connectivity index (χ0) is 5.56. The Morgan fingerprint density at radius 2 is 1.75 bits per heavy atom. The highest BCUT2D eigenvalue weighted by Crippen LogP contribution is 2.34. The van der Waals surface area contributed by atoms with Crippen LogP contribution in [0.1, 0.15) is 12.8 Å². The van der Waals surface area contributed by atoms with Crippen molar-refractivity contribution in [2.24, 2.45) is 0 Å². The molecule has 0 aromatic heterocycles. The number of hydrogen-bond donors (Lipinski definition) is 1. The summed E-state index contributed by atoms with van der Waals surface area (Å²) in [6.07, 6.45) is 6.06. The van der Waals surface area contributed by atoms with Gasteiger partial charge in [0.05, 0.1) is 6.10 Å². The quantitative estimate of drug-likeness (QED) is 0.491. The Morgan fingerprint density at radius 3 is 1.88 bits per heavy atom. The van der Waals surface area contributed by atoms with Gasteiger partial charge in [0.2, 0.25) is 0 Å². The van der Waals surface area contributed by atoms with Crippen molar-refractivity contribution in [2.45, 2.75) is 18.9 Å². The molecule has 8 heavy (non-hydrogen) atoms. The van der Waals surface area contributed by atoms with E-state index in [1.165, 1.54) is 11.1 Å². The molecule has 0 heterocycles. The molecule has 0 atom stereocenters. The van der Waals surface area contributed by atoms with E-state index in [2.05, 4.69) is 0 Å². The van der Waals surface area contributed by atoms with Gasteiger partial charge in [0.15, 0.2) is 0 Å². The third kappa shape index (κ3) is 0.353. The van der Waals surface area contributed by atoms with Crippen molar-refractivity contribution in [2.75, 3.05) is 0 Å². The van der Waals surface area contributed by atoms with Gasteiger partial charge in [-0.2, -0.15) is 0 Å². The molecule has 1 N–H and O–H groups in total. The lowest BCUT2D eigenvalue weighted by Crippen LogP contribution is -1.99. The highest BCUT2D eigenvalue weighted by Gasteiger charge is 2.26. The lowest BCUT2D eigenvalue weighted by Gasteiger charge is -1.96. The predicted molar refractivity (Wildman–Crippen MR) is 31.4 cm³/mol. The summed E-state index contributed by atoms with van der Waals surface area (Å²) in [6.45, 7) is 0. The van der Waals surface area contributed by atoms with Crippen LogP contribution in [-0.2, 0) is 0 Å². The van der Waals surface area contributed by atoms with Crippen LogP contribution >= 0.6 is 0 Å². The normalized spacial score (nSPS) is 26.1. The Kier molecular flexibility index (Phi) is 0.667. The van der Waals surface area contributed by atoms with E-state index in [9.17, 15) is 5.11 Å². The Hall–Kier alpha value is -0.560. The molecule has 0 amide bonds. The van der Waals surface area contributed by atoms with Crippen molar-refractivity contribution in [3.8, 4) is 0 Å². The van der Waals surface area contributed by atoms with Crippen molar-refractivity contribution < 1.29 is 5.11 Å². The van der Waals surface area contributed by atoms with E-state index in [0.29, 0.717) is 0 Å². The van der Waals surface area contributed by atoms with E-state index in [4.69, 9.17) is 0 Å². The molecule has 2 aliphatic carbocycles.